The molecule has 1 aliphatic rings. The van der Waals surface area contributed by atoms with Gasteiger partial charge in [-0.05, 0) is 23.7 Å². The van der Waals surface area contributed by atoms with Gasteiger partial charge in [-0.15, -0.1) is 0 Å². The number of hydrogen-bond acceptors (Lipinski definition) is 3. The molecule has 0 bridgehead atoms. The van der Waals surface area contributed by atoms with Gasteiger partial charge in [0.15, 0.2) is 0 Å². The van der Waals surface area contributed by atoms with Crippen molar-refractivity contribution in [1.82, 2.24) is 0 Å². The third-order valence-electron chi connectivity index (χ3n) is 4.20. The summed E-state index contributed by atoms with van der Waals surface area (Å²) in [7, 11) is 0. The van der Waals surface area contributed by atoms with Gasteiger partial charge in [-0.2, -0.15) is 0 Å². The van der Waals surface area contributed by atoms with Crippen molar-refractivity contribution in [3.8, 4) is 0 Å². The van der Waals surface area contributed by atoms with Gasteiger partial charge in [-0.25, -0.2) is 0 Å². The van der Waals surface area contributed by atoms with Crippen LogP contribution in [0.5, 0.6) is 0 Å². The molecule has 0 aromatic heterocycles. The van der Waals surface area contributed by atoms with Gasteiger partial charge >= 0.3 is 5.97 Å². The van der Waals surface area contributed by atoms with Crippen LogP contribution < -0.4 is 0 Å². The summed E-state index contributed by atoms with van der Waals surface area (Å²) in [5, 5.41) is 0. The molecule has 17 heavy (non-hydrogen) atoms. The molecule has 1 aliphatic heterocycles. The molecule has 1 heterocycles. The fourth-order valence-electron chi connectivity index (χ4n) is 2.72. The zero-order valence-electron chi connectivity index (χ0n) is 11.9. The number of carbonyl (C=O) groups is 1. The Morgan fingerprint density at radius 3 is 2.24 bits per heavy atom. The Kier molecular flexibility index (Phi) is 4.99. The van der Waals surface area contributed by atoms with Crippen molar-refractivity contribution < 1.29 is 14.3 Å². The molecule has 1 fully saturated rings. The topological polar surface area (TPSA) is 35.5 Å². The van der Waals surface area contributed by atoms with Crippen LogP contribution in [-0.2, 0) is 14.3 Å². The minimum atomic E-state index is -0.229. The fraction of sp³-hybridized carbons (Fsp3) is 0.929. The van der Waals surface area contributed by atoms with Crippen molar-refractivity contribution >= 4 is 5.97 Å². The van der Waals surface area contributed by atoms with E-state index < -0.39 is 0 Å². The van der Waals surface area contributed by atoms with E-state index in [1.54, 1.807) is 0 Å². The zero-order chi connectivity index (χ0) is 13.2. The van der Waals surface area contributed by atoms with Crippen LogP contribution >= 0.6 is 0 Å². The van der Waals surface area contributed by atoms with Gasteiger partial charge in [0.2, 0.25) is 0 Å². The molecule has 0 saturated carbocycles. The normalized spacial score (nSPS) is 38.2. The molecule has 0 aliphatic carbocycles. The number of carbonyl (C=O) groups excluding carboxylic acids is 1. The molecule has 0 amide bonds. The highest BCUT2D eigenvalue weighted by Gasteiger charge is 2.40. The van der Waals surface area contributed by atoms with Crippen molar-refractivity contribution in [2.24, 2.45) is 23.7 Å². The first-order valence-corrected chi connectivity index (χ1v) is 6.63. The summed E-state index contributed by atoms with van der Waals surface area (Å²) in [5.74, 6) is 1.85. The van der Waals surface area contributed by atoms with Gasteiger partial charge in [0, 0.05) is 6.92 Å². The second kappa shape index (κ2) is 5.85. The third kappa shape index (κ3) is 3.44. The lowest BCUT2D eigenvalue weighted by Gasteiger charge is -2.45. The van der Waals surface area contributed by atoms with Gasteiger partial charge in [-0.1, -0.05) is 34.6 Å². The largest absolute Gasteiger partial charge is 0.463 e. The van der Waals surface area contributed by atoms with Crippen LogP contribution in [0.3, 0.4) is 0 Å². The van der Waals surface area contributed by atoms with E-state index in [4.69, 9.17) is 9.47 Å². The summed E-state index contributed by atoms with van der Waals surface area (Å²) in [6.45, 7) is 12.9. The van der Waals surface area contributed by atoms with E-state index in [1.807, 2.05) is 0 Å². The fourth-order valence-corrected chi connectivity index (χ4v) is 2.72. The lowest BCUT2D eigenvalue weighted by Crippen LogP contribution is -2.48. The molecule has 3 nitrogen and oxygen atoms in total. The number of esters is 1. The van der Waals surface area contributed by atoms with Crippen molar-refractivity contribution in [3.05, 3.63) is 0 Å². The van der Waals surface area contributed by atoms with Crippen LogP contribution in [0.15, 0.2) is 0 Å². The zero-order valence-corrected chi connectivity index (χ0v) is 11.9. The molecular weight excluding hydrogens is 216 g/mol. The molecule has 2 unspecified atom stereocenters. The lowest BCUT2D eigenvalue weighted by atomic mass is 9.74. The average Bonchev–Trinajstić information content (AvgIpc) is 2.24. The summed E-state index contributed by atoms with van der Waals surface area (Å²) < 4.78 is 11.2. The van der Waals surface area contributed by atoms with E-state index >= 15 is 0 Å². The minimum absolute atomic E-state index is 0.0394. The molecule has 0 spiro atoms. The molecule has 0 aromatic rings. The Hall–Kier alpha value is -0.570. The first-order chi connectivity index (χ1) is 7.84. The van der Waals surface area contributed by atoms with Crippen molar-refractivity contribution in [2.75, 3.05) is 6.61 Å². The number of hydrogen-bond donors (Lipinski definition) is 0. The molecule has 5 atom stereocenters. The quantitative estimate of drug-likeness (QED) is 0.714. The van der Waals surface area contributed by atoms with Crippen LogP contribution in [0, 0.1) is 23.7 Å². The maximum absolute atomic E-state index is 10.9. The van der Waals surface area contributed by atoms with E-state index in [-0.39, 0.29) is 18.2 Å². The molecule has 100 valence electrons. The van der Waals surface area contributed by atoms with Crippen LogP contribution in [0.2, 0.25) is 0 Å². The molecular formula is C14H26O3. The molecule has 0 N–H and O–H groups in total. The number of rotatable bonds is 3. The Bertz CT molecular complexity index is 262. The molecule has 1 rings (SSSR count). The van der Waals surface area contributed by atoms with Gasteiger partial charge in [-0.3, -0.25) is 4.79 Å². The molecule has 1 saturated heterocycles. The third-order valence-corrected chi connectivity index (χ3v) is 4.20. The van der Waals surface area contributed by atoms with E-state index in [9.17, 15) is 4.79 Å². The first kappa shape index (κ1) is 14.5. The van der Waals surface area contributed by atoms with E-state index in [2.05, 4.69) is 34.6 Å². The Morgan fingerprint density at radius 1 is 1.18 bits per heavy atom. The smallest absolute Gasteiger partial charge is 0.302 e. The molecule has 0 aromatic carbocycles. The molecule has 0 radical (unpaired) electrons. The monoisotopic (exact) mass is 242 g/mol. The standard InChI is InChI=1S/C14H26O3/c1-8(2)14-11(5)9(3)10(4)13(17-14)7-16-12(6)15/h8-11,13-14H,7H2,1-6H3/t9-,10+,11?,13?,14+/m0/s1. The van der Waals surface area contributed by atoms with Gasteiger partial charge < -0.3 is 9.47 Å². The minimum Gasteiger partial charge on any atom is -0.463 e. The summed E-state index contributed by atoms with van der Waals surface area (Å²) >= 11 is 0. The van der Waals surface area contributed by atoms with E-state index in [0.29, 0.717) is 30.3 Å². The van der Waals surface area contributed by atoms with Gasteiger partial charge in [0.1, 0.15) is 6.61 Å². The second-order valence-corrected chi connectivity index (χ2v) is 5.76. The van der Waals surface area contributed by atoms with Crippen LogP contribution in [0.4, 0.5) is 0 Å². The van der Waals surface area contributed by atoms with Crippen molar-refractivity contribution in [1.29, 1.82) is 0 Å². The van der Waals surface area contributed by atoms with Crippen LogP contribution in [0.25, 0.3) is 0 Å². The van der Waals surface area contributed by atoms with Gasteiger partial charge in [0.25, 0.3) is 0 Å². The Labute approximate surface area is 105 Å². The highest BCUT2D eigenvalue weighted by atomic mass is 16.6. The summed E-state index contributed by atoms with van der Waals surface area (Å²) in [5.41, 5.74) is 0. The van der Waals surface area contributed by atoms with Crippen LogP contribution in [0.1, 0.15) is 41.5 Å². The first-order valence-electron chi connectivity index (χ1n) is 6.63. The maximum Gasteiger partial charge on any atom is 0.302 e. The summed E-state index contributed by atoms with van der Waals surface area (Å²) in [6.07, 6.45) is 0.305. The van der Waals surface area contributed by atoms with Gasteiger partial charge in [0.05, 0.1) is 12.2 Å². The van der Waals surface area contributed by atoms with E-state index in [0.717, 1.165) is 0 Å². The predicted molar refractivity (Wildman–Crippen MR) is 67.6 cm³/mol. The second-order valence-electron chi connectivity index (χ2n) is 5.76. The highest BCUT2D eigenvalue weighted by molar-refractivity contribution is 5.65. The number of ether oxygens (including phenoxy) is 2. The predicted octanol–water partition coefficient (Wildman–Crippen LogP) is 2.88. The highest BCUT2D eigenvalue weighted by Crippen LogP contribution is 2.37. The average molecular weight is 242 g/mol. The SMILES string of the molecule is CC(=O)OCC1O[C@H](C(C)C)C(C)[C@@H](C)[C@H]1C. The lowest BCUT2D eigenvalue weighted by molar-refractivity contribution is -0.176. The Balaban J connectivity index is 2.67. The van der Waals surface area contributed by atoms with Crippen LogP contribution in [-0.4, -0.2) is 24.8 Å². The van der Waals surface area contributed by atoms with Crippen molar-refractivity contribution in [2.45, 2.75) is 53.8 Å². The maximum atomic E-state index is 10.9. The van der Waals surface area contributed by atoms with E-state index in [1.165, 1.54) is 6.92 Å². The summed E-state index contributed by atoms with van der Waals surface area (Å²) in [6, 6.07) is 0. The summed E-state index contributed by atoms with van der Waals surface area (Å²) in [4.78, 5) is 10.9. The Morgan fingerprint density at radius 2 is 1.76 bits per heavy atom. The van der Waals surface area contributed by atoms with Crippen molar-refractivity contribution in [3.63, 3.8) is 0 Å². The molecule has 3 heteroatoms.